The topological polar surface area (TPSA) is 29.3 Å². The third kappa shape index (κ3) is 4.63. The van der Waals surface area contributed by atoms with Gasteiger partial charge in [0.2, 0.25) is 0 Å². The largest absolute Gasteiger partial charge is 0.330 e. The van der Waals surface area contributed by atoms with E-state index in [0.29, 0.717) is 0 Å². The maximum absolute atomic E-state index is 5.49. The molecule has 0 aromatic heterocycles. The van der Waals surface area contributed by atoms with E-state index in [2.05, 4.69) is 11.8 Å². The van der Waals surface area contributed by atoms with Gasteiger partial charge in [-0.05, 0) is 51.7 Å². The number of unbranched alkanes of at least 4 members (excludes halogenated alkanes) is 2. The molecule has 0 aliphatic heterocycles. The second kappa shape index (κ2) is 6.39. The summed E-state index contributed by atoms with van der Waals surface area (Å²) in [5, 5.41) is 0. The van der Waals surface area contributed by atoms with Gasteiger partial charge in [0.05, 0.1) is 0 Å². The fourth-order valence-electron chi connectivity index (χ4n) is 1.74. The first-order valence-electron chi connectivity index (χ1n) is 5.82. The van der Waals surface area contributed by atoms with Gasteiger partial charge < -0.3 is 10.6 Å². The van der Waals surface area contributed by atoms with Crippen molar-refractivity contribution >= 4 is 0 Å². The second-order valence-corrected chi connectivity index (χ2v) is 4.12. The van der Waals surface area contributed by atoms with E-state index < -0.39 is 0 Å². The van der Waals surface area contributed by atoms with Crippen molar-refractivity contribution in [3.63, 3.8) is 0 Å². The Bertz CT molecular complexity index is 121. The highest BCUT2D eigenvalue weighted by atomic mass is 15.2. The van der Waals surface area contributed by atoms with E-state index in [1.165, 1.54) is 51.6 Å². The van der Waals surface area contributed by atoms with Crippen molar-refractivity contribution in [1.29, 1.82) is 0 Å². The molecule has 0 spiro atoms. The van der Waals surface area contributed by atoms with E-state index in [1.54, 1.807) is 0 Å². The Morgan fingerprint density at radius 1 is 1.15 bits per heavy atom. The lowest BCUT2D eigenvalue weighted by Gasteiger charge is -2.21. The van der Waals surface area contributed by atoms with Gasteiger partial charge in [-0.1, -0.05) is 13.3 Å². The van der Waals surface area contributed by atoms with Crippen LogP contribution in [-0.4, -0.2) is 30.6 Å². The van der Waals surface area contributed by atoms with Crippen molar-refractivity contribution in [2.24, 2.45) is 5.73 Å². The highest BCUT2D eigenvalue weighted by Crippen LogP contribution is 2.27. The smallest absolute Gasteiger partial charge is 0.00964 e. The number of nitrogens with two attached hydrogens (primary N) is 1. The van der Waals surface area contributed by atoms with E-state index in [9.17, 15) is 0 Å². The summed E-state index contributed by atoms with van der Waals surface area (Å²) in [6.07, 6.45) is 8.03. The third-order valence-electron chi connectivity index (χ3n) is 2.76. The molecule has 13 heavy (non-hydrogen) atoms. The molecule has 0 saturated heterocycles. The predicted octanol–water partition coefficient (Wildman–Crippen LogP) is 1.99. The van der Waals surface area contributed by atoms with Gasteiger partial charge in [-0.15, -0.1) is 0 Å². The van der Waals surface area contributed by atoms with Crippen LogP contribution in [0.5, 0.6) is 0 Å². The molecule has 2 heteroatoms. The van der Waals surface area contributed by atoms with Gasteiger partial charge in [0, 0.05) is 6.04 Å². The van der Waals surface area contributed by atoms with Gasteiger partial charge >= 0.3 is 0 Å². The van der Waals surface area contributed by atoms with Crippen LogP contribution in [0.15, 0.2) is 0 Å². The van der Waals surface area contributed by atoms with Gasteiger partial charge in [0.15, 0.2) is 0 Å². The molecule has 0 bridgehead atoms. The molecule has 2 nitrogen and oxygen atoms in total. The Hall–Kier alpha value is -0.0800. The summed E-state index contributed by atoms with van der Waals surface area (Å²) in [6.45, 7) is 5.71. The van der Waals surface area contributed by atoms with Crippen LogP contribution in [-0.2, 0) is 0 Å². The van der Waals surface area contributed by atoms with E-state index in [1.807, 2.05) is 0 Å². The lowest BCUT2D eigenvalue weighted by molar-refractivity contribution is 0.254. The normalized spacial score (nSPS) is 16.8. The van der Waals surface area contributed by atoms with Gasteiger partial charge in [0.1, 0.15) is 0 Å². The van der Waals surface area contributed by atoms with Crippen molar-refractivity contribution in [3.8, 4) is 0 Å². The average molecular weight is 184 g/mol. The zero-order valence-electron chi connectivity index (χ0n) is 8.97. The lowest BCUT2D eigenvalue weighted by atomic mass is 10.2. The maximum atomic E-state index is 5.49. The van der Waals surface area contributed by atoms with Crippen LogP contribution in [0.3, 0.4) is 0 Å². The third-order valence-corrected chi connectivity index (χ3v) is 2.76. The molecule has 1 rings (SSSR count). The van der Waals surface area contributed by atoms with E-state index in [0.717, 1.165) is 12.6 Å². The zero-order valence-corrected chi connectivity index (χ0v) is 8.97. The first-order valence-corrected chi connectivity index (χ1v) is 5.82. The second-order valence-electron chi connectivity index (χ2n) is 4.12. The minimum Gasteiger partial charge on any atom is -0.330 e. The fraction of sp³-hybridized carbons (Fsp3) is 1.00. The molecular weight excluding hydrogens is 160 g/mol. The van der Waals surface area contributed by atoms with E-state index in [-0.39, 0.29) is 0 Å². The van der Waals surface area contributed by atoms with E-state index in [4.69, 9.17) is 5.73 Å². The molecule has 0 radical (unpaired) electrons. The van der Waals surface area contributed by atoms with Gasteiger partial charge in [0.25, 0.3) is 0 Å². The van der Waals surface area contributed by atoms with Gasteiger partial charge in [-0.25, -0.2) is 0 Å². The number of nitrogens with zero attached hydrogens (tertiary/aromatic N) is 1. The first-order chi connectivity index (χ1) is 6.38. The summed E-state index contributed by atoms with van der Waals surface area (Å²) in [4.78, 5) is 2.67. The maximum Gasteiger partial charge on any atom is 0.00964 e. The minimum atomic E-state index is 0.853. The van der Waals surface area contributed by atoms with Crippen LogP contribution in [0, 0.1) is 0 Å². The molecule has 1 aliphatic carbocycles. The molecule has 1 saturated carbocycles. The van der Waals surface area contributed by atoms with Gasteiger partial charge in [-0.3, -0.25) is 0 Å². The highest BCUT2D eigenvalue weighted by molar-refractivity contribution is 4.84. The Morgan fingerprint density at radius 2 is 1.85 bits per heavy atom. The van der Waals surface area contributed by atoms with Crippen LogP contribution < -0.4 is 5.73 Å². The average Bonchev–Trinajstić information content (AvgIpc) is 2.94. The minimum absolute atomic E-state index is 0.853. The highest BCUT2D eigenvalue weighted by Gasteiger charge is 2.27. The molecule has 1 fully saturated rings. The standard InChI is InChI=1S/C11H24N2/c1-2-3-9-13(11-6-7-11)10-5-4-8-12/h11H,2-10,12H2,1H3. The van der Waals surface area contributed by atoms with Crippen molar-refractivity contribution in [2.75, 3.05) is 19.6 Å². The van der Waals surface area contributed by atoms with Crippen LogP contribution in [0.1, 0.15) is 45.4 Å². The fourth-order valence-corrected chi connectivity index (χ4v) is 1.74. The number of hydrogen-bond donors (Lipinski definition) is 1. The molecule has 0 heterocycles. The Balaban J connectivity index is 2.06. The predicted molar refractivity (Wildman–Crippen MR) is 57.8 cm³/mol. The van der Waals surface area contributed by atoms with Gasteiger partial charge in [-0.2, -0.15) is 0 Å². The first kappa shape index (κ1) is 11.0. The van der Waals surface area contributed by atoms with Crippen molar-refractivity contribution in [2.45, 2.75) is 51.5 Å². The zero-order chi connectivity index (χ0) is 9.52. The monoisotopic (exact) mass is 184 g/mol. The molecule has 1 aliphatic rings. The summed E-state index contributed by atoms with van der Waals surface area (Å²) < 4.78 is 0. The summed E-state index contributed by atoms with van der Waals surface area (Å²) in [6, 6.07) is 0.935. The SMILES string of the molecule is CCCCN(CCCCN)C1CC1. The molecule has 0 unspecified atom stereocenters. The molecule has 78 valence electrons. The molecule has 0 amide bonds. The summed E-state index contributed by atoms with van der Waals surface area (Å²) in [5.41, 5.74) is 5.49. The molecular formula is C11H24N2. The van der Waals surface area contributed by atoms with Crippen LogP contribution in [0.2, 0.25) is 0 Å². The summed E-state index contributed by atoms with van der Waals surface area (Å²) in [7, 11) is 0. The summed E-state index contributed by atoms with van der Waals surface area (Å²) in [5.74, 6) is 0. The Labute approximate surface area is 82.5 Å². The molecule has 2 N–H and O–H groups in total. The Kier molecular flexibility index (Phi) is 5.40. The molecule has 0 aromatic rings. The lowest BCUT2D eigenvalue weighted by Crippen LogP contribution is -2.28. The number of rotatable bonds is 8. The van der Waals surface area contributed by atoms with Crippen molar-refractivity contribution in [1.82, 2.24) is 4.90 Å². The van der Waals surface area contributed by atoms with Crippen molar-refractivity contribution in [3.05, 3.63) is 0 Å². The Morgan fingerprint density at radius 3 is 2.38 bits per heavy atom. The van der Waals surface area contributed by atoms with Crippen molar-refractivity contribution < 1.29 is 0 Å². The van der Waals surface area contributed by atoms with Crippen LogP contribution in [0.4, 0.5) is 0 Å². The number of hydrogen-bond acceptors (Lipinski definition) is 2. The molecule has 0 aromatic carbocycles. The van der Waals surface area contributed by atoms with Crippen LogP contribution in [0.25, 0.3) is 0 Å². The molecule has 0 atom stereocenters. The summed E-state index contributed by atoms with van der Waals surface area (Å²) >= 11 is 0. The van der Waals surface area contributed by atoms with Crippen LogP contribution >= 0.6 is 0 Å². The van der Waals surface area contributed by atoms with E-state index >= 15 is 0 Å². The quantitative estimate of drug-likeness (QED) is 0.585.